The third kappa shape index (κ3) is 4.95. The Hall–Kier alpha value is -4.31. The molecule has 0 spiro atoms. The number of piperazine rings is 1. The van der Waals surface area contributed by atoms with Gasteiger partial charge in [-0.15, -0.1) is 0 Å². The third-order valence-electron chi connectivity index (χ3n) is 7.42. The van der Waals surface area contributed by atoms with Gasteiger partial charge in [-0.05, 0) is 31.7 Å². The molecule has 1 atom stereocenters. The number of aromatic amines is 1. The van der Waals surface area contributed by atoms with E-state index in [9.17, 15) is 4.79 Å². The van der Waals surface area contributed by atoms with Gasteiger partial charge in [0.25, 0.3) is 0 Å². The Morgan fingerprint density at radius 1 is 1.10 bits per heavy atom. The number of nitrogens with one attached hydrogen (secondary N) is 3. The highest BCUT2D eigenvalue weighted by molar-refractivity contribution is 5.96. The zero-order valence-corrected chi connectivity index (χ0v) is 22.5. The van der Waals surface area contributed by atoms with Crippen LogP contribution >= 0.6 is 0 Å². The minimum Gasteiger partial charge on any atom is -0.354 e. The van der Waals surface area contributed by atoms with Crippen molar-refractivity contribution in [3.63, 3.8) is 0 Å². The van der Waals surface area contributed by atoms with Gasteiger partial charge in [-0.3, -0.25) is 14.9 Å². The van der Waals surface area contributed by atoms with Crippen molar-refractivity contribution in [2.24, 2.45) is 0 Å². The number of hydrogen-bond acceptors (Lipinski definition) is 8. The largest absolute Gasteiger partial charge is 0.354 e. The van der Waals surface area contributed by atoms with E-state index in [1.54, 1.807) is 18.6 Å². The van der Waals surface area contributed by atoms with E-state index in [4.69, 9.17) is 4.98 Å². The summed E-state index contributed by atoms with van der Waals surface area (Å²) >= 11 is 0. The highest BCUT2D eigenvalue weighted by Crippen LogP contribution is 2.41. The maximum atomic E-state index is 12.1. The van der Waals surface area contributed by atoms with E-state index in [1.165, 1.54) is 5.56 Å². The van der Waals surface area contributed by atoms with Gasteiger partial charge in [-0.1, -0.05) is 19.9 Å². The molecule has 0 aromatic carbocycles. The molecule has 200 valence electrons. The van der Waals surface area contributed by atoms with Gasteiger partial charge >= 0.3 is 0 Å². The monoisotopic (exact) mass is 523 g/mol. The second kappa shape index (κ2) is 10.5. The van der Waals surface area contributed by atoms with Crippen molar-refractivity contribution in [2.75, 3.05) is 48.8 Å². The molecule has 10 nitrogen and oxygen atoms in total. The summed E-state index contributed by atoms with van der Waals surface area (Å²) in [6.07, 6.45) is 10.6. The predicted molar refractivity (Wildman–Crippen MR) is 155 cm³/mol. The minimum absolute atomic E-state index is 0.0159. The fourth-order valence-corrected chi connectivity index (χ4v) is 5.34. The first-order chi connectivity index (χ1) is 19.0. The van der Waals surface area contributed by atoms with Gasteiger partial charge in [0.05, 0.1) is 23.3 Å². The highest BCUT2D eigenvalue weighted by Gasteiger charge is 2.27. The van der Waals surface area contributed by atoms with E-state index in [0.717, 1.165) is 72.0 Å². The molecule has 4 aromatic heterocycles. The number of allylic oxidation sites excluding steroid dienone is 1. The topological polar surface area (TPSA) is 115 Å². The number of likely N-dealkylation sites (N-methyl/N-ethyl adjacent to an activating group) is 1. The standard InChI is InChI=1S/C29H33N9O/c1-4-5-25(39)33-21-13-19(15-30-17-21)20-14-22-27(35-36-28(22)32-16-20)24-12-18(2)26-23(34-24)6-7-31-29(26)38-10-8-37(3)9-11-38/h6-7,12-18,34H,4-5,8-11H2,1-3H3,(H,33,39)(H,32,35,36). The van der Waals surface area contributed by atoms with Crippen LogP contribution in [0, 0.1) is 0 Å². The number of carbonyl (C=O) groups excluding carboxylic acids is 1. The lowest BCUT2D eigenvalue weighted by molar-refractivity contribution is -0.116. The number of H-pyrrole nitrogens is 1. The van der Waals surface area contributed by atoms with Crippen LogP contribution in [0.15, 0.2) is 49.1 Å². The SMILES string of the molecule is CCCC(=O)Nc1cncc(-c2cnc3n[nH]c(C4=CC(C)c5c(ccnc5N5CCN(C)CC5)N4)c3c2)c1. The van der Waals surface area contributed by atoms with Gasteiger partial charge in [-0.2, -0.15) is 5.10 Å². The van der Waals surface area contributed by atoms with E-state index >= 15 is 0 Å². The number of aromatic nitrogens is 5. The molecule has 0 aliphatic carbocycles. The highest BCUT2D eigenvalue weighted by atomic mass is 16.1. The summed E-state index contributed by atoms with van der Waals surface area (Å²) in [7, 11) is 2.16. The minimum atomic E-state index is -0.0159. The Labute approximate surface area is 227 Å². The molecule has 10 heteroatoms. The van der Waals surface area contributed by atoms with Crippen LogP contribution in [0.5, 0.6) is 0 Å². The van der Waals surface area contributed by atoms with Crippen molar-refractivity contribution in [1.82, 2.24) is 30.0 Å². The number of carbonyl (C=O) groups is 1. The van der Waals surface area contributed by atoms with Crippen LogP contribution in [0.4, 0.5) is 17.2 Å². The van der Waals surface area contributed by atoms with Crippen LogP contribution < -0.4 is 15.5 Å². The number of amides is 1. The van der Waals surface area contributed by atoms with E-state index in [-0.39, 0.29) is 11.8 Å². The van der Waals surface area contributed by atoms with Crippen LogP contribution in [-0.4, -0.2) is 69.2 Å². The number of pyridine rings is 3. The van der Waals surface area contributed by atoms with E-state index in [2.05, 4.69) is 66.7 Å². The Balaban J connectivity index is 1.31. The Morgan fingerprint density at radius 2 is 1.92 bits per heavy atom. The second-order valence-corrected chi connectivity index (χ2v) is 10.3. The number of nitrogens with zero attached hydrogens (tertiary/aromatic N) is 6. The molecule has 1 saturated heterocycles. The summed E-state index contributed by atoms with van der Waals surface area (Å²) in [5, 5.41) is 15.1. The molecular weight excluding hydrogens is 490 g/mol. The van der Waals surface area contributed by atoms with Gasteiger partial charge in [-0.25, -0.2) is 9.97 Å². The summed E-state index contributed by atoms with van der Waals surface area (Å²) < 4.78 is 0. The first-order valence-corrected chi connectivity index (χ1v) is 13.5. The van der Waals surface area contributed by atoms with Gasteiger partial charge in [0.2, 0.25) is 5.91 Å². The molecule has 1 unspecified atom stereocenters. The Morgan fingerprint density at radius 3 is 2.74 bits per heavy atom. The third-order valence-corrected chi connectivity index (χ3v) is 7.42. The predicted octanol–water partition coefficient (Wildman–Crippen LogP) is 4.48. The Bertz CT molecular complexity index is 1550. The molecular formula is C29H33N9O. The maximum absolute atomic E-state index is 12.1. The van der Waals surface area contributed by atoms with Gasteiger partial charge in [0.1, 0.15) is 5.82 Å². The molecule has 0 bridgehead atoms. The first kappa shape index (κ1) is 25.0. The molecule has 6 rings (SSSR count). The fraction of sp³-hybridized carbons (Fsp3) is 0.345. The summed E-state index contributed by atoms with van der Waals surface area (Å²) in [5.41, 5.74) is 7.22. The molecule has 1 fully saturated rings. The van der Waals surface area contributed by atoms with Crippen molar-refractivity contribution in [3.05, 3.63) is 60.3 Å². The fourth-order valence-electron chi connectivity index (χ4n) is 5.34. The normalized spacial score (nSPS) is 17.5. The van der Waals surface area contributed by atoms with Crippen molar-refractivity contribution >= 4 is 39.8 Å². The molecule has 6 heterocycles. The average Bonchev–Trinajstić information content (AvgIpc) is 3.37. The van der Waals surface area contributed by atoms with E-state index < -0.39 is 0 Å². The van der Waals surface area contributed by atoms with Gasteiger partial charge in [0.15, 0.2) is 5.65 Å². The Kier molecular flexibility index (Phi) is 6.70. The summed E-state index contributed by atoms with van der Waals surface area (Å²) in [5.74, 6) is 1.22. The van der Waals surface area contributed by atoms with Crippen molar-refractivity contribution in [3.8, 4) is 11.1 Å². The molecule has 1 amide bonds. The summed E-state index contributed by atoms with van der Waals surface area (Å²) in [6.45, 7) is 8.22. The molecule has 2 aliphatic heterocycles. The number of fused-ring (bicyclic) bond motifs is 2. The lowest BCUT2D eigenvalue weighted by atomic mass is 9.93. The van der Waals surface area contributed by atoms with Crippen LogP contribution in [0.3, 0.4) is 0 Å². The zero-order chi connectivity index (χ0) is 26.9. The molecule has 2 aliphatic rings. The molecule has 3 N–H and O–H groups in total. The van der Waals surface area contributed by atoms with Crippen LogP contribution in [0.25, 0.3) is 27.9 Å². The van der Waals surface area contributed by atoms with Gasteiger partial charge in [0, 0.05) is 84.9 Å². The van der Waals surface area contributed by atoms with Crippen molar-refractivity contribution in [2.45, 2.75) is 32.6 Å². The number of anilines is 3. The number of hydrogen-bond donors (Lipinski definition) is 3. The number of rotatable bonds is 6. The second-order valence-electron chi connectivity index (χ2n) is 10.3. The van der Waals surface area contributed by atoms with Crippen LogP contribution in [0.1, 0.15) is 43.9 Å². The summed E-state index contributed by atoms with van der Waals surface area (Å²) in [4.78, 5) is 30.5. The lowest BCUT2D eigenvalue weighted by Gasteiger charge is -2.36. The summed E-state index contributed by atoms with van der Waals surface area (Å²) in [6, 6.07) is 6.04. The first-order valence-electron chi connectivity index (χ1n) is 13.5. The molecule has 39 heavy (non-hydrogen) atoms. The van der Waals surface area contributed by atoms with Crippen molar-refractivity contribution < 1.29 is 4.79 Å². The van der Waals surface area contributed by atoms with Gasteiger partial charge < -0.3 is 20.4 Å². The van der Waals surface area contributed by atoms with Crippen LogP contribution in [0.2, 0.25) is 0 Å². The van der Waals surface area contributed by atoms with E-state index in [0.29, 0.717) is 17.8 Å². The maximum Gasteiger partial charge on any atom is 0.224 e. The average molecular weight is 524 g/mol. The van der Waals surface area contributed by atoms with Crippen LogP contribution in [-0.2, 0) is 4.79 Å². The van der Waals surface area contributed by atoms with E-state index in [1.807, 2.05) is 25.3 Å². The molecule has 0 saturated carbocycles. The lowest BCUT2D eigenvalue weighted by Crippen LogP contribution is -2.45. The molecule has 4 aromatic rings. The smallest absolute Gasteiger partial charge is 0.224 e. The van der Waals surface area contributed by atoms with Crippen molar-refractivity contribution in [1.29, 1.82) is 0 Å². The quantitative estimate of drug-likeness (QED) is 0.339. The molecule has 0 radical (unpaired) electrons. The zero-order valence-electron chi connectivity index (χ0n) is 22.5.